The van der Waals surface area contributed by atoms with Gasteiger partial charge >= 0.3 is 0 Å². The van der Waals surface area contributed by atoms with Crippen LogP contribution in [-0.2, 0) is 4.74 Å². The monoisotopic (exact) mass is 316 g/mol. The van der Waals surface area contributed by atoms with Gasteiger partial charge in [-0.1, -0.05) is 15.9 Å². The molecule has 1 saturated carbocycles. The van der Waals surface area contributed by atoms with Gasteiger partial charge in [0.2, 0.25) is 0 Å². The first-order valence-electron chi connectivity index (χ1n) is 6.20. The quantitative estimate of drug-likeness (QED) is 0.626. The molecule has 3 N–H and O–H groups in total. The summed E-state index contributed by atoms with van der Waals surface area (Å²) in [5.74, 6) is 5.83. The summed E-state index contributed by atoms with van der Waals surface area (Å²) in [5, 5.41) is 0. The molecular formula is C13H18BrFN2O. The maximum absolute atomic E-state index is 13.9. The van der Waals surface area contributed by atoms with Crippen molar-refractivity contribution in [1.82, 2.24) is 5.43 Å². The highest BCUT2D eigenvalue weighted by atomic mass is 79.9. The summed E-state index contributed by atoms with van der Waals surface area (Å²) in [5.41, 5.74) is 3.26. The van der Waals surface area contributed by atoms with E-state index in [2.05, 4.69) is 21.4 Å². The average Bonchev–Trinajstić information content (AvgIpc) is 3.17. The van der Waals surface area contributed by atoms with Crippen molar-refractivity contribution < 1.29 is 9.13 Å². The van der Waals surface area contributed by atoms with Crippen LogP contribution in [0.25, 0.3) is 0 Å². The van der Waals surface area contributed by atoms with Gasteiger partial charge in [-0.15, -0.1) is 0 Å². The molecule has 0 bridgehead atoms. The lowest BCUT2D eigenvalue weighted by molar-refractivity contribution is 0.0176. The highest BCUT2D eigenvalue weighted by molar-refractivity contribution is 9.10. The number of hydrogen-bond donors (Lipinski definition) is 2. The van der Waals surface area contributed by atoms with Crippen molar-refractivity contribution >= 4 is 15.9 Å². The van der Waals surface area contributed by atoms with E-state index in [0.29, 0.717) is 18.1 Å². The molecule has 0 heterocycles. The Labute approximate surface area is 115 Å². The summed E-state index contributed by atoms with van der Waals surface area (Å²) < 4.78 is 20.5. The molecule has 0 radical (unpaired) electrons. The lowest BCUT2D eigenvalue weighted by atomic mass is 9.98. The summed E-state index contributed by atoms with van der Waals surface area (Å²) in [6, 6.07) is 4.57. The van der Waals surface area contributed by atoms with E-state index < -0.39 is 0 Å². The van der Waals surface area contributed by atoms with Crippen LogP contribution in [0.5, 0.6) is 0 Å². The summed E-state index contributed by atoms with van der Waals surface area (Å²) in [6.45, 7) is 2.55. The topological polar surface area (TPSA) is 47.3 Å². The number of nitrogens with one attached hydrogen (secondary N) is 1. The fourth-order valence-electron chi connectivity index (χ4n) is 2.24. The van der Waals surface area contributed by atoms with E-state index in [0.717, 1.165) is 17.3 Å². The maximum Gasteiger partial charge on any atom is 0.128 e. The Balaban J connectivity index is 2.27. The largest absolute Gasteiger partial charge is 0.376 e. The Morgan fingerprint density at radius 2 is 2.28 bits per heavy atom. The third-order valence-electron chi connectivity index (χ3n) is 3.25. The Hall–Kier alpha value is -0.490. The normalized spacial score (nSPS) is 18.7. The molecule has 5 heteroatoms. The van der Waals surface area contributed by atoms with Gasteiger partial charge in [0, 0.05) is 16.6 Å². The number of benzene rings is 1. The number of ether oxygens (including phenoxy) is 1. The molecule has 1 aliphatic rings. The zero-order valence-electron chi connectivity index (χ0n) is 10.3. The summed E-state index contributed by atoms with van der Waals surface area (Å²) >= 11 is 3.36. The molecule has 2 atom stereocenters. The second kappa shape index (κ2) is 6.10. The van der Waals surface area contributed by atoms with Crippen molar-refractivity contribution in [2.45, 2.75) is 31.9 Å². The van der Waals surface area contributed by atoms with E-state index in [1.165, 1.54) is 6.07 Å². The predicted octanol–water partition coefficient (Wildman–Crippen LogP) is 2.91. The minimum Gasteiger partial charge on any atom is -0.376 e. The second-order valence-corrected chi connectivity index (χ2v) is 5.48. The van der Waals surface area contributed by atoms with Crippen LogP contribution in [-0.4, -0.2) is 12.7 Å². The molecule has 100 valence electrons. The molecule has 1 fully saturated rings. The van der Waals surface area contributed by atoms with E-state index >= 15 is 0 Å². The van der Waals surface area contributed by atoms with E-state index in [1.54, 1.807) is 12.1 Å². The number of halogens is 2. The lowest BCUT2D eigenvalue weighted by Crippen LogP contribution is -2.39. The average molecular weight is 317 g/mol. The molecule has 0 aromatic heterocycles. The minimum absolute atomic E-state index is 0.0659. The molecular weight excluding hydrogens is 299 g/mol. The Morgan fingerprint density at radius 3 is 2.83 bits per heavy atom. The second-order valence-electron chi connectivity index (χ2n) is 4.57. The summed E-state index contributed by atoms with van der Waals surface area (Å²) in [6.07, 6.45) is 2.18. The molecule has 1 aliphatic carbocycles. The standard InChI is InChI=1S/C13H18BrFN2O/c1-2-18-13(8-3-4-8)12(17-16)10-7-9(14)5-6-11(10)15/h5-8,12-13,17H,2-4,16H2,1H3. The number of nitrogens with two attached hydrogens (primary N) is 1. The van der Waals surface area contributed by atoms with Gasteiger partial charge in [-0.2, -0.15) is 0 Å². The van der Waals surface area contributed by atoms with Crippen LogP contribution in [0.15, 0.2) is 22.7 Å². The Kier molecular flexibility index (Phi) is 4.72. The highest BCUT2D eigenvalue weighted by Gasteiger charge is 2.38. The van der Waals surface area contributed by atoms with Gasteiger partial charge in [-0.05, 0) is 43.9 Å². The first kappa shape index (κ1) is 13.9. The molecule has 1 aromatic carbocycles. The van der Waals surface area contributed by atoms with Crippen LogP contribution in [0.1, 0.15) is 31.4 Å². The predicted molar refractivity (Wildman–Crippen MR) is 72.3 cm³/mol. The molecule has 0 aliphatic heterocycles. The SMILES string of the molecule is CCOC(C1CC1)C(NN)c1cc(Br)ccc1F. The molecule has 0 amide bonds. The summed E-state index contributed by atoms with van der Waals surface area (Å²) in [7, 11) is 0. The first-order chi connectivity index (χ1) is 8.67. The molecule has 3 nitrogen and oxygen atoms in total. The van der Waals surface area contributed by atoms with Crippen molar-refractivity contribution in [1.29, 1.82) is 0 Å². The fourth-order valence-corrected chi connectivity index (χ4v) is 2.62. The van der Waals surface area contributed by atoms with Gasteiger partial charge in [0.1, 0.15) is 5.82 Å². The van der Waals surface area contributed by atoms with Crippen molar-refractivity contribution in [3.63, 3.8) is 0 Å². The number of rotatable bonds is 6. The van der Waals surface area contributed by atoms with Gasteiger partial charge < -0.3 is 4.74 Å². The minimum atomic E-state index is -0.310. The zero-order valence-corrected chi connectivity index (χ0v) is 11.9. The number of hydrazine groups is 1. The van der Waals surface area contributed by atoms with Gasteiger partial charge in [0.15, 0.2) is 0 Å². The van der Waals surface area contributed by atoms with E-state index in [1.807, 2.05) is 6.92 Å². The van der Waals surface area contributed by atoms with Crippen molar-refractivity contribution in [2.75, 3.05) is 6.61 Å². The van der Waals surface area contributed by atoms with Gasteiger partial charge in [-0.25, -0.2) is 4.39 Å². The van der Waals surface area contributed by atoms with Gasteiger partial charge in [0.05, 0.1) is 12.1 Å². The van der Waals surface area contributed by atoms with Crippen LogP contribution in [0, 0.1) is 11.7 Å². The fraction of sp³-hybridized carbons (Fsp3) is 0.538. The van der Waals surface area contributed by atoms with Crippen LogP contribution < -0.4 is 11.3 Å². The van der Waals surface area contributed by atoms with Crippen molar-refractivity contribution in [3.8, 4) is 0 Å². The van der Waals surface area contributed by atoms with Gasteiger partial charge in [0.25, 0.3) is 0 Å². The maximum atomic E-state index is 13.9. The molecule has 1 aromatic rings. The molecule has 2 unspecified atom stereocenters. The van der Waals surface area contributed by atoms with E-state index in [4.69, 9.17) is 10.6 Å². The van der Waals surface area contributed by atoms with Gasteiger partial charge in [-0.3, -0.25) is 11.3 Å². The van der Waals surface area contributed by atoms with E-state index in [9.17, 15) is 4.39 Å². The molecule has 2 rings (SSSR count). The van der Waals surface area contributed by atoms with Crippen molar-refractivity contribution in [3.05, 3.63) is 34.1 Å². The highest BCUT2D eigenvalue weighted by Crippen LogP contribution is 2.40. The van der Waals surface area contributed by atoms with E-state index in [-0.39, 0.29) is 18.0 Å². The number of hydrogen-bond acceptors (Lipinski definition) is 3. The Morgan fingerprint density at radius 1 is 1.56 bits per heavy atom. The molecule has 0 spiro atoms. The third kappa shape index (κ3) is 3.09. The smallest absolute Gasteiger partial charge is 0.128 e. The molecule has 0 saturated heterocycles. The Bertz CT molecular complexity index is 412. The van der Waals surface area contributed by atoms with Crippen molar-refractivity contribution in [2.24, 2.45) is 11.8 Å². The zero-order chi connectivity index (χ0) is 13.1. The van der Waals surface area contributed by atoms with Crippen LogP contribution in [0.2, 0.25) is 0 Å². The van der Waals surface area contributed by atoms with Crippen LogP contribution in [0.3, 0.4) is 0 Å². The van der Waals surface area contributed by atoms with Crippen LogP contribution >= 0.6 is 15.9 Å². The summed E-state index contributed by atoms with van der Waals surface area (Å²) in [4.78, 5) is 0. The molecule has 18 heavy (non-hydrogen) atoms. The van der Waals surface area contributed by atoms with Crippen LogP contribution in [0.4, 0.5) is 4.39 Å². The third-order valence-corrected chi connectivity index (χ3v) is 3.74. The first-order valence-corrected chi connectivity index (χ1v) is 6.99. The lowest BCUT2D eigenvalue weighted by Gasteiger charge is -2.27.